The Morgan fingerprint density at radius 3 is 2.62 bits per heavy atom. The van der Waals surface area contributed by atoms with E-state index in [4.69, 9.17) is 11.6 Å². The van der Waals surface area contributed by atoms with Gasteiger partial charge in [-0.1, -0.05) is 6.07 Å². The molecule has 10 heteroatoms. The largest absolute Gasteiger partial charge is 0.324 e. The number of amides is 1. The summed E-state index contributed by atoms with van der Waals surface area (Å²) in [6.07, 6.45) is 7.86. The molecule has 1 unspecified atom stereocenters. The summed E-state index contributed by atoms with van der Waals surface area (Å²) in [5, 5.41) is 6.43. The van der Waals surface area contributed by atoms with Crippen molar-refractivity contribution in [3.05, 3.63) is 59.7 Å². The molecule has 2 aliphatic rings. The molecule has 186 valence electrons. The molecule has 6 rings (SSSR count). The van der Waals surface area contributed by atoms with E-state index < -0.39 is 11.1 Å². The van der Waals surface area contributed by atoms with Gasteiger partial charge in [-0.25, -0.2) is 31.5 Å². The second kappa shape index (κ2) is 8.42. The van der Waals surface area contributed by atoms with Crippen molar-refractivity contribution < 1.29 is 4.79 Å². The Labute approximate surface area is 214 Å². The van der Waals surface area contributed by atoms with Gasteiger partial charge in [0, 0.05) is 48.6 Å². The van der Waals surface area contributed by atoms with Crippen LogP contribution in [0.3, 0.4) is 0 Å². The Kier molecular flexibility index (Phi) is 5.28. The summed E-state index contributed by atoms with van der Waals surface area (Å²) in [4.78, 5) is 39.7. The van der Waals surface area contributed by atoms with Gasteiger partial charge in [0.25, 0.3) is 0 Å². The molecule has 0 saturated heterocycles. The monoisotopic (exact) mass is 493 g/mol. The Hall–Kier alpha value is -4.23. The summed E-state index contributed by atoms with van der Waals surface area (Å²) >= 11 is 0. The van der Waals surface area contributed by atoms with Crippen molar-refractivity contribution in [3.8, 4) is 22.6 Å². The number of hydrogen-bond donors (Lipinski definition) is 2. The van der Waals surface area contributed by atoms with Crippen LogP contribution in [-0.2, 0) is 16.9 Å². The van der Waals surface area contributed by atoms with Crippen LogP contribution in [0.1, 0.15) is 44.5 Å². The fourth-order valence-electron chi connectivity index (χ4n) is 5.19. The Morgan fingerprint density at radius 1 is 1.16 bits per heavy atom. The molecule has 1 aliphatic heterocycles. The lowest BCUT2D eigenvalue weighted by Gasteiger charge is -2.34. The fourth-order valence-corrected chi connectivity index (χ4v) is 5.19. The first-order valence-corrected chi connectivity index (χ1v) is 12.5. The van der Waals surface area contributed by atoms with Crippen LogP contribution in [0.15, 0.2) is 36.9 Å². The van der Waals surface area contributed by atoms with E-state index in [0.717, 1.165) is 53.1 Å². The topological polar surface area (TPSA) is 115 Å². The SMILES string of the molecule is [C-]#[N+]C1(CNC2(C)C(=O)Nc3ccc(-c4ncnc5c4nc(-c4cnc(C)nc4)n5CC)cc32)CCC1. The highest BCUT2D eigenvalue weighted by Gasteiger charge is 2.49. The molecule has 3 aromatic heterocycles. The molecule has 1 fully saturated rings. The number of carbonyl (C=O) groups excluding carboxylic acids is 1. The predicted octanol–water partition coefficient (Wildman–Crippen LogP) is 3.88. The smallest absolute Gasteiger partial charge is 0.249 e. The Bertz CT molecular complexity index is 1580. The first-order valence-electron chi connectivity index (χ1n) is 12.5. The van der Waals surface area contributed by atoms with Crippen molar-refractivity contribution in [2.45, 2.75) is 57.7 Å². The molecule has 0 spiro atoms. The molecular weight excluding hydrogens is 466 g/mol. The van der Waals surface area contributed by atoms with Gasteiger partial charge >= 0.3 is 0 Å². The number of fused-ring (bicyclic) bond motifs is 2. The summed E-state index contributed by atoms with van der Waals surface area (Å²) in [6, 6.07) is 5.84. The average Bonchev–Trinajstić information content (AvgIpc) is 3.38. The Morgan fingerprint density at radius 2 is 1.95 bits per heavy atom. The second-order valence-corrected chi connectivity index (χ2v) is 9.98. The standard InChI is InChI=1S/C27H27N9O/c1-5-36-23(18-12-29-16(2)30-13-18)35-22-21(31-15-32-24(22)36)17-7-8-20-19(11-17)26(3,25(37)34-20)33-14-27(28-4)9-6-10-27/h7-8,11-13,15,33H,5-6,9-10,14H2,1-3H3,(H,34,37). The number of hydrogen-bond acceptors (Lipinski definition) is 7. The highest BCUT2D eigenvalue weighted by molar-refractivity contribution is 6.06. The van der Waals surface area contributed by atoms with Crippen LogP contribution < -0.4 is 10.6 Å². The lowest BCUT2D eigenvalue weighted by Crippen LogP contribution is -2.53. The second-order valence-electron chi connectivity index (χ2n) is 9.98. The number of nitrogens with one attached hydrogen (secondary N) is 2. The van der Waals surface area contributed by atoms with Crippen molar-refractivity contribution in [1.82, 2.24) is 34.8 Å². The first kappa shape index (κ1) is 23.2. The van der Waals surface area contributed by atoms with Gasteiger partial charge in [-0.15, -0.1) is 0 Å². The molecule has 10 nitrogen and oxygen atoms in total. The molecule has 1 saturated carbocycles. The van der Waals surface area contributed by atoms with Crippen LogP contribution in [0.25, 0.3) is 38.7 Å². The summed E-state index contributed by atoms with van der Waals surface area (Å²) in [5.74, 6) is 1.30. The number of anilines is 1. The number of imidazole rings is 1. The van der Waals surface area contributed by atoms with E-state index in [1.165, 1.54) is 0 Å². The van der Waals surface area contributed by atoms with Crippen molar-refractivity contribution >= 4 is 22.8 Å². The van der Waals surface area contributed by atoms with Crippen LogP contribution in [0.5, 0.6) is 0 Å². The highest BCUT2D eigenvalue weighted by Crippen LogP contribution is 2.41. The minimum absolute atomic E-state index is 0.121. The first-order chi connectivity index (χ1) is 17.9. The molecule has 37 heavy (non-hydrogen) atoms. The zero-order valence-electron chi connectivity index (χ0n) is 21.0. The molecule has 0 radical (unpaired) electrons. The zero-order valence-corrected chi connectivity index (χ0v) is 21.0. The van der Waals surface area contributed by atoms with Gasteiger partial charge in [0.15, 0.2) is 5.65 Å². The molecule has 0 bridgehead atoms. The van der Waals surface area contributed by atoms with Crippen LogP contribution in [-0.4, -0.2) is 47.5 Å². The van der Waals surface area contributed by atoms with E-state index in [9.17, 15) is 4.79 Å². The van der Waals surface area contributed by atoms with Gasteiger partial charge in [0.2, 0.25) is 11.4 Å². The number of aromatic nitrogens is 6. The van der Waals surface area contributed by atoms with Crippen LogP contribution in [0.4, 0.5) is 5.69 Å². The molecule has 4 heterocycles. The van der Waals surface area contributed by atoms with Gasteiger partial charge in [-0.05, 0) is 39.3 Å². The van der Waals surface area contributed by atoms with Crippen LogP contribution >= 0.6 is 0 Å². The number of aryl methyl sites for hydroxylation is 2. The molecule has 1 atom stereocenters. The van der Waals surface area contributed by atoms with E-state index in [1.54, 1.807) is 18.7 Å². The third kappa shape index (κ3) is 3.57. The van der Waals surface area contributed by atoms with Crippen molar-refractivity contribution in [1.29, 1.82) is 0 Å². The van der Waals surface area contributed by atoms with Crippen LogP contribution in [0.2, 0.25) is 0 Å². The maximum absolute atomic E-state index is 13.1. The number of rotatable bonds is 6. The summed E-state index contributed by atoms with van der Waals surface area (Å²) in [6.45, 7) is 14.5. The van der Waals surface area contributed by atoms with Crippen LogP contribution in [0, 0.1) is 13.5 Å². The highest BCUT2D eigenvalue weighted by atomic mass is 16.2. The summed E-state index contributed by atoms with van der Waals surface area (Å²) in [7, 11) is 0. The Balaban J connectivity index is 1.43. The molecular formula is C27H27N9O. The van der Waals surface area contributed by atoms with Gasteiger partial charge in [0.1, 0.15) is 34.7 Å². The van der Waals surface area contributed by atoms with Crippen molar-refractivity contribution in [2.24, 2.45) is 0 Å². The van der Waals surface area contributed by atoms with Crippen molar-refractivity contribution in [2.75, 3.05) is 11.9 Å². The minimum atomic E-state index is -0.946. The van der Waals surface area contributed by atoms with Gasteiger partial charge < -0.3 is 14.7 Å². The zero-order chi connectivity index (χ0) is 25.8. The fraction of sp³-hybridized carbons (Fsp3) is 0.370. The number of carbonyl (C=O) groups is 1. The molecule has 1 amide bonds. The van der Waals surface area contributed by atoms with Gasteiger partial charge in [0.05, 0.1) is 12.1 Å². The van der Waals surface area contributed by atoms with E-state index in [-0.39, 0.29) is 5.91 Å². The molecule has 4 aromatic rings. The quantitative estimate of drug-likeness (QED) is 0.392. The lowest BCUT2D eigenvalue weighted by molar-refractivity contribution is -0.121. The van der Waals surface area contributed by atoms with E-state index in [1.807, 2.05) is 43.5 Å². The average molecular weight is 494 g/mol. The van der Waals surface area contributed by atoms with Crippen molar-refractivity contribution in [3.63, 3.8) is 0 Å². The van der Waals surface area contributed by atoms with E-state index >= 15 is 0 Å². The normalized spacial score (nSPS) is 19.8. The third-order valence-electron chi connectivity index (χ3n) is 7.71. The number of nitrogens with zero attached hydrogens (tertiary/aromatic N) is 7. The maximum Gasteiger partial charge on any atom is 0.249 e. The maximum atomic E-state index is 13.1. The minimum Gasteiger partial charge on any atom is -0.324 e. The lowest BCUT2D eigenvalue weighted by atomic mass is 9.76. The van der Waals surface area contributed by atoms with E-state index in [2.05, 4.69) is 35.4 Å². The number of benzene rings is 1. The molecule has 1 aromatic carbocycles. The van der Waals surface area contributed by atoms with E-state index in [0.29, 0.717) is 30.1 Å². The summed E-state index contributed by atoms with van der Waals surface area (Å²) in [5.41, 5.74) is 3.97. The van der Waals surface area contributed by atoms with Gasteiger partial charge in [-0.3, -0.25) is 10.1 Å². The van der Waals surface area contributed by atoms with Gasteiger partial charge in [-0.2, -0.15) is 0 Å². The predicted molar refractivity (Wildman–Crippen MR) is 139 cm³/mol. The summed E-state index contributed by atoms with van der Waals surface area (Å²) < 4.78 is 2.03. The third-order valence-corrected chi connectivity index (χ3v) is 7.71. The molecule has 1 aliphatic carbocycles. The molecule has 2 N–H and O–H groups in total.